The molecule has 2 atom stereocenters. The van der Waals surface area contributed by atoms with Gasteiger partial charge in [0.15, 0.2) is 11.5 Å². The number of hydrogen-bond donors (Lipinski definition) is 2. The second-order valence-corrected chi connectivity index (χ2v) is 11.4. The maximum Gasteiger partial charge on any atom is 0.249 e. The van der Waals surface area contributed by atoms with Crippen LogP contribution in [0.3, 0.4) is 0 Å². The van der Waals surface area contributed by atoms with Gasteiger partial charge in [0, 0.05) is 41.2 Å². The van der Waals surface area contributed by atoms with E-state index in [-0.39, 0.29) is 11.6 Å². The van der Waals surface area contributed by atoms with E-state index in [1.165, 1.54) is 32.1 Å². The Labute approximate surface area is 235 Å². The molecule has 0 aliphatic heterocycles. The second-order valence-electron chi connectivity index (χ2n) is 11.4. The Hall–Kier alpha value is -3.85. The number of ketones is 1. The number of nitrogens with two attached hydrogens (primary N) is 1. The number of primary amides is 1. The predicted molar refractivity (Wildman–Crippen MR) is 156 cm³/mol. The fraction of sp³-hybridized carbons (Fsp3) is 0.452. The van der Waals surface area contributed by atoms with Crippen LogP contribution in [0.5, 0.6) is 0 Å². The number of fused-ring (bicyclic) bond motifs is 1. The van der Waals surface area contributed by atoms with Crippen LogP contribution in [0, 0.1) is 19.8 Å². The van der Waals surface area contributed by atoms with E-state index in [0.29, 0.717) is 28.4 Å². The molecule has 0 saturated heterocycles. The maximum atomic E-state index is 13.5. The molecule has 0 radical (unpaired) electrons. The van der Waals surface area contributed by atoms with Crippen molar-refractivity contribution >= 4 is 22.9 Å². The van der Waals surface area contributed by atoms with Crippen LogP contribution in [-0.2, 0) is 13.5 Å². The topological polar surface area (TPSA) is 123 Å². The van der Waals surface area contributed by atoms with Crippen LogP contribution < -0.4 is 5.73 Å². The highest BCUT2D eigenvalue weighted by Crippen LogP contribution is 2.32. The van der Waals surface area contributed by atoms with Crippen LogP contribution in [0.2, 0.25) is 0 Å². The molecule has 210 valence electrons. The summed E-state index contributed by atoms with van der Waals surface area (Å²) in [6.07, 6.45) is 8.40. The summed E-state index contributed by atoms with van der Waals surface area (Å²) in [6.45, 7) is 3.80. The van der Waals surface area contributed by atoms with Gasteiger partial charge < -0.3 is 15.6 Å². The predicted octanol–water partition coefficient (Wildman–Crippen LogP) is 4.75. The number of nitrogens with one attached hydrogen (secondary N) is 1. The van der Waals surface area contributed by atoms with E-state index in [0.717, 1.165) is 46.9 Å². The molecule has 5 rings (SSSR count). The zero-order valence-corrected chi connectivity index (χ0v) is 24.1. The number of carbonyl (C=O) groups is 2. The molecule has 1 fully saturated rings. The number of rotatable bonds is 8. The SMILES string of the molecule is Cc1nn(C)c(C)c1-c1cc(C(=O)c2nc3nc(CCC4CCCC(N(C)C)CC4)ccc3[nH]2)ccc1C(N)=O. The molecule has 4 aromatic rings. The Morgan fingerprint density at radius 2 is 1.88 bits per heavy atom. The summed E-state index contributed by atoms with van der Waals surface area (Å²) in [6, 6.07) is 9.61. The summed E-state index contributed by atoms with van der Waals surface area (Å²) in [5.74, 6) is 0.113. The average Bonchev–Trinajstić information content (AvgIpc) is 3.34. The Bertz CT molecular complexity index is 1570. The number of H-pyrrole nitrogens is 1. The number of hydrogen-bond acceptors (Lipinski definition) is 6. The summed E-state index contributed by atoms with van der Waals surface area (Å²) in [4.78, 5) is 40.6. The summed E-state index contributed by atoms with van der Waals surface area (Å²) in [5.41, 5.74) is 11.7. The molecule has 1 saturated carbocycles. The van der Waals surface area contributed by atoms with Crippen LogP contribution in [0.4, 0.5) is 0 Å². The number of imidazole rings is 1. The van der Waals surface area contributed by atoms with Crippen molar-refractivity contribution in [1.82, 2.24) is 29.6 Å². The molecule has 0 spiro atoms. The first-order chi connectivity index (χ1) is 19.1. The third kappa shape index (κ3) is 5.56. The molecule has 3 N–H and O–H groups in total. The Balaban J connectivity index is 1.36. The van der Waals surface area contributed by atoms with Gasteiger partial charge in [-0.1, -0.05) is 18.9 Å². The molecule has 40 heavy (non-hydrogen) atoms. The molecule has 1 aromatic carbocycles. The Morgan fingerprint density at radius 3 is 2.58 bits per heavy atom. The van der Waals surface area contributed by atoms with Crippen molar-refractivity contribution in [2.24, 2.45) is 18.7 Å². The molecule has 2 unspecified atom stereocenters. The minimum Gasteiger partial charge on any atom is -0.366 e. The lowest BCUT2D eigenvalue weighted by Gasteiger charge is -2.22. The summed E-state index contributed by atoms with van der Waals surface area (Å²) in [5, 5.41) is 4.47. The molecule has 0 bridgehead atoms. The van der Waals surface area contributed by atoms with Gasteiger partial charge in [0.2, 0.25) is 11.7 Å². The van der Waals surface area contributed by atoms with E-state index < -0.39 is 5.91 Å². The molecular weight excluding hydrogens is 502 g/mol. The van der Waals surface area contributed by atoms with E-state index in [1.54, 1.807) is 22.9 Å². The van der Waals surface area contributed by atoms with Crippen molar-refractivity contribution in [2.75, 3.05) is 14.1 Å². The molecular formula is C31H39N7O2. The van der Waals surface area contributed by atoms with Crippen LogP contribution >= 0.6 is 0 Å². The third-order valence-electron chi connectivity index (χ3n) is 8.54. The van der Waals surface area contributed by atoms with E-state index in [1.807, 2.05) is 33.0 Å². The number of amides is 1. The van der Waals surface area contributed by atoms with Crippen LogP contribution in [0.25, 0.3) is 22.3 Å². The Kier molecular flexibility index (Phi) is 7.85. The van der Waals surface area contributed by atoms with Crippen molar-refractivity contribution in [3.63, 3.8) is 0 Å². The zero-order chi connectivity index (χ0) is 28.6. The van der Waals surface area contributed by atoms with Gasteiger partial charge in [-0.3, -0.25) is 14.3 Å². The number of aryl methyl sites for hydroxylation is 3. The summed E-state index contributed by atoms with van der Waals surface area (Å²) in [7, 11) is 6.22. The highest BCUT2D eigenvalue weighted by Gasteiger charge is 2.23. The van der Waals surface area contributed by atoms with E-state index in [2.05, 4.69) is 34.1 Å². The Morgan fingerprint density at radius 1 is 1.07 bits per heavy atom. The molecule has 3 aromatic heterocycles. The smallest absolute Gasteiger partial charge is 0.249 e. The number of aromatic amines is 1. The fourth-order valence-electron chi connectivity index (χ4n) is 6.10. The summed E-state index contributed by atoms with van der Waals surface area (Å²) >= 11 is 0. The largest absolute Gasteiger partial charge is 0.366 e. The first kappa shape index (κ1) is 27.7. The zero-order valence-electron chi connectivity index (χ0n) is 24.1. The van der Waals surface area contributed by atoms with Crippen molar-refractivity contribution in [1.29, 1.82) is 0 Å². The quantitative estimate of drug-likeness (QED) is 0.245. The standard InChI is InChI=1S/C31H39N7O2/c1-18-27(19(2)38(5)36-18)25-17-21(11-15-24(25)29(32)40)28(39)31-34-26-16-13-22(33-30(26)35-31)12-9-20-7-6-8-23(14-10-20)37(3)4/h11,13,15-17,20,23H,6-10,12,14H2,1-5H3,(H2,32,40)(H,33,34,35). The van der Waals surface area contributed by atoms with Crippen LogP contribution in [-0.4, -0.2) is 61.5 Å². The van der Waals surface area contributed by atoms with Crippen molar-refractivity contribution in [3.05, 3.63) is 64.4 Å². The highest BCUT2D eigenvalue weighted by atomic mass is 16.1. The summed E-state index contributed by atoms with van der Waals surface area (Å²) < 4.78 is 1.75. The number of benzene rings is 1. The average molecular weight is 542 g/mol. The van der Waals surface area contributed by atoms with Gasteiger partial charge in [0.05, 0.1) is 11.2 Å². The molecule has 1 amide bonds. The fourth-order valence-corrected chi connectivity index (χ4v) is 6.10. The number of carbonyl (C=O) groups excluding carboxylic acids is 2. The van der Waals surface area contributed by atoms with Gasteiger partial charge in [-0.15, -0.1) is 0 Å². The normalized spacial score (nSPS) is 17.9. The maximum absolute atomic E-state index is 13.5. The van der Waals surface area contributed by atoms with Crippen LogP contribution in [0.1, 0.15) is 82.1 Å². The minimum absolute atomic E-state index is 0.218. The second kappa shape index (κ2) is 11.3. The van der Waals surface area contributed by atoms with E-state index >= 15 is 0 Å². The van der Waals surface area contributed by atoms with Gasteiger partial charge in [0.25, 0.3) is 0 Å². The van der Waals surface area contributed by atoms with Gasteiger partial charge in [0.1, 0.15) is 0 Å². The van der Waals surface area contributed by atoms with Gasteiger partial charge in [-0.05, 0) is 95.8 Å². The lowest BCUT2D eigenvalue weighted by Crippen LogP contribution is -2.27. The molecule has 9 heteroatoms. The molecule has 9 nitrogen and oxygen atoms in total. The molecule has 1 aliphatic carbocycles. The highest BCUT2D eigenvalue weighted by molar-refractivity contribution is 6.10. The lowest BCUT2D eigenvalue weighted by atomic mass is 9.94. The lowest BCUT2D eigenvalue weighted by molar-refractivity contribution is 0.0996. The number of pyridine rings is 1. The number of aromatic nitrogens is 5. The van der Waals surface area contributed by atoms with Crippen molar-refractivity contribution < 1.29 is 9.59 Å². The van der Waals surface area contributed by atoms with Crippen molar-refractivity contribution in [2.45, 2.75) is 64.8 Å². The van der Waals surface area contributed by atoms with E-state index in [4.69, 9.17) is 10.7 Å². The molecule has 3 heterocycles. The van der Waals surface area contributed by atoms with Gasteiger partial charge in [-0.25, -0.2) is 9.97 Å². The monoisotopic (exact) mass is 541 g/mol. The van der Waals surface area contributed by atoms with Gasteiger partial charge >= 0.3 is 0 Å². The van der Waals surface area contributed by atoms with Crippen LogP contribution in [0.15, 0.2) is 30.3 Å². The van der Waals surface area contributed by atoms with Crippen molar-refractivity contribution in [3.8, 4) is 11.1 Å². The minimum atomic E-state index is -0.557. The van der Waals surface area contributed by atoms with E-state index in [9.17, 15) is 9.59 Å². The number of nitrogens with zero attached hydrogens (tertiary/aromatic N) is 5. The third-order valence-corrected chi connectivity index (χ3v) is 8.54. The first-order valence-corrected chi connectivity index (χ1v) is 14.1. The van der Waals surface area contributed by atoms with Gasteiger partial charge in [-0.2, -0.15) is 5.10 Å². The first-order valence-electron chi connectivity index (χ1n) is 14.1. The molecule has 1 aliphatic rings.